The monoisotopic (exact) mass is 189 g/mol. The zero-order chi connectivity index (χ0) is 7.28. The summed E-state index contributed by atoms with van der Waals surface area (Å²) in [6.45, 7) is 6.96. The van der Waals surface area contributed by atoms with Gasteiger partial charge in [0.1, 0.15) is 4.61 Å². The molecule has 0 bridgehead atoms. The molecule has 0 aromatic carbocycles. The molecule has 0 saturated carbocycles. The summed E-state index contributed by atoms with van der Waals surface area (Å²) in [6.07, 6.45) is 1.51. The third-order valence-corrected chi connectivity index (χ3v) is 0.793. The molecule has 0 amide bonds. The van der Waals surface area contributed by atoms with E-state index in [0.29, 0.717) is 10.5 Å². The SMILES string of the molecule is C=C/C(=N\C(=C)Br)OC. The van der Waals surface area contributed by atoms with Crippen LogP contribution in [-0.2, 0) is 4.74 Å². The van der Waals surface area contributed by atoms with Gasteiger partial charge in [-0.05, 0) is 22.0 Å². The molecule has 50 valence electrons. The van der Waals surface area contributed by atoms with Crippen molar-refractivity contribution in [1.29, 1.82) is 0 Å². The molecule has 2 nitrogen and oxygen atoms in total. The molecule has 0 aliphatic rings. The van der Waals surface area contributed by atoms with Crippen molar-refractivity contribution in [3.8, 4) is 0 Å². The van der Waals surface area contributed by atoms with Crippen LogP contribution in [0.3, 0.4) is 0 Å². The molecule has 0 aliphatic heterocycles. The van der Waals surface area contributed by atoms with Crippen LogP contribution < -0.4 is 0 Å². The van der Waals surface area contributed by atoms with Gasteiger partial charge in [-0.2, -0.15) is 0 Å². The Kier molecular flexibility index (Phi) is 4.05. The van der Waals surface area contributed by atoms with Gasteiger partial charge in [0.05, 0.1) is 7.11 Å². The number of hydrogen-bond acceptors (Lipinski definition) is 2. The van der Waals surface area contributed by atoms with E-state index in [9.17, 15) is 0 Å². The fourth-order valence-corrected chi connectivity index (χ4v) is 0.469. The van der Waals surface area contributed by atoms with E-state index in [-0.39, 0.29) is 0 Å². The summed E-state index contributed by atoms with van der Waals surface area (Å²) >= 11 is 3.05. The third-order valence-electron chi connectivity index (χ3n) is 0.615. The van der Waals surface area contributed by atoms with Crippen molar-refractivity contribution in [2.45, 2.75) is 0 Å². The van der Waals surface area contributed by atoms with Crippen molar-refractivity contribution in [1.82, 2.24) is 0 Å². The van der Waals surface area contributed by atoms with Gasteiger partial charge in [0.2, 0.25) is 5.90 Å². The molecule has 0 heterocycles. The van der Waals surface area contributed by atoms with Gasteiger partial charge in [-0.1, -0.05) is 13.2 Å². The van der Waals surface area contributed by atoms with E-state index in [1.807, 2.05) is 0 Å². The second-order valence-corrected chi connectivity index (χ2v) is 2.15. The largest absolute Gasteiger partial charge is 0.481 e. The number of methoxy groups -OCH3 is 1. The second kappa shape index (κ2) is 4.32. The van der Waals surface area contributed by atoms with E-state index in [0.717, 1.165) is 0 Å². The summed E-state index contributed by atoms with van der Waals surface area (Å²) in [5, 5.41) is 0. The van der Waals surface area contributed by atoms with Crippen LogP contribution in [0, 0.1) is 0 Å². The number of halogens is 1. The average molecular weight is 190 g/mol. The predicted octanol–water partition coefficient (Wildman–Crippen LogP) is 2.08. The number of nitrogens with zero attached hydrogens (tertiary/aromatic N) is 1. The number of hydrogen-bond donors (Lipinski definition) is 0. The molecule has 3 heteroatoms. The van der Waals surface area contributed by atoms with E-state index in [1.165, 1.54) is 13.2 Å². The summed E-state index contributed by atoms with van der Waals surface area (Å²) in [6, 6.07) is 0. The predicted molar refractivity (Wildman–Crippen MR) is 42.7 cm³/mol. The smallest absolute Gasteiger partial charge is 0.213 e. The topological polar surface area (TPSA) is 21.6 Å². The Labute approximate surface area is 63.1 Å². The van der Waals surface area contributed by atoms with Gasteiger partial charge in [0, 0.05) is 0 Å². The molecule has 0 spiro atoms. The summed E-state index contributed by atoms with van der Waals surface area (Å²) in [5.74, 6) is 0.455. The van der Waals surface area contributed by atoms with Gasteiger partial charge in [-0.15, -0.1) is 0 Å². The molecular weight excluding hydrogens is 182 g/mol. The standard InChI is InChI=1S/C6H8BrNO/c1-4-6(9-3)8-5(2)7/h4H,1-2H2,3H3/b8-6+. The first kappa shape index (κ1) is 8.43. The summed E-state index contributed by atoms with van der Waals surface area (Å²) in [4.78, 5) is 3.81. The summed E-state index contributed by atoms with van der Waals surface area (Å²) in [5.41, 5.74) is 0. The van der Waals surface area contributed by atoms with Crippen molar-refractivity contribution in [3.05, 3.63) is 23.8 Å². The molecule has 0 radical (unpaired) electrons. The fourth-order valence-electron chi connectivity index (χ4n) is 0.294. The summed E-state index contributed by atoms with van der Waals surface area (Å²) in [7, 11) is 1.52. The number of ether oxygens (including phenoxy) is 1. The minimum atomic E-state index is 0.455. The molecule has 0 unspecified atom stereocenters. The van der Waals surface area contributed by atoms with Crippen molar-refractivity contribution in [2.75, 3.05) is 7.11 Å². The summed E-state index contributed by atoms with van der Waals surface area (Å²) < 4.78 is 5.28. The van der Waals surface area contributed by atoms with Crippen LogP contribution in [0.4, 0.5) is 0 Å². The maximum Gasteiger partial charge on any atom is 0.213 e. The Morgan fingerprint density at radius 1 is 1.78 bits per heavy atom. The fraction of sp³-hybridized carbons (Fsp3) is 0.167. The zero-order valence-electron chi connectivity index (χ0n) is 5.22. The van der Waals surface area contributed by atoms with E-state index >= 15 is 0 Å². The lowest BCUT2D eigenvalue weighted by Crippen LogP contribution is -1.94. The molecule has 0 aromatic heterocycles. The minimum Gasteiger partial charge on any atom is -0.481 e. The van der Waals surface area contributed by atoms with Crippen molar-refractivity contribution in [3.63, 3.8) is 0 Å². The minimum absolute atomic E-state index is 0.455. The zero-order valence-corrected chi connectivity index (χ0v) is 6.81. The number of rotatable bonds is 2. The van der Waals surface area contributed by atoms with Crippen molar-refractivity contribution >= 4 is 21.8 Å². The highest BCUT2D eigenvalue weighted by molar-refractivity contribution is 9.11. The van der Waals surface area contributed by atoms with Gasteiger partial charge < -0.3 is 4.74 Å². The first-order chi connectivity index (χ1) is 4.20. The first-order valence-corrected chi connectivity index (χ1v) is 3.09. The van der Waals surface area contributed by atoms with Crippen LogP contribution in [0.5, 0.6) is 0 Å². The molecular formula is C6H8BrNO. The number of aliphatic imine (C=N–C) groups is 1. The quantitative estimate of drug-likeness (QED) is 0.371. The lowest BCUT2D eigenvalue weighted by atomic mass is 10.6. The molecule has 9 heavy (non-hydrogen) atoms. The van der Waals surface area contributed by atoms with Gasteiger partial charge >= 0.3 is 0 Å². The Morgan fingerprint density at radius 2 is 2.33 bits per heavy atom. The molecule has 0 aliphatic carbocycles. The molecule has 0 rings (SSSR count). The van der Waals surface area contributed by atoms with Gasteiger partial charge in [0.25, 0.3) is 0 Å². The Morgan fingerprint density at radius 3 is 2.44 bits per heavy atom. The lowest BCUT2D eigenvalue weighted by Gasteiger charge is -1.94. The molecule has 0 aromatic rings. The average Bonchev–Trinajstić information content (AvgIpc) is 1.82. The molecule has 0 N–H and O–H groups in total. The van der Waals surface area contributed by atoms with E-state index < -0.39 is 0 Å². The first-order valence-electron chi connectivity index (χ1n) is 2.30. The maximum atomic E-state index is 4.75. The van der Waals surface area contributed by atoms with Crippen LogP contribution in [0.25, 0.3) is 0 Å². The van der Waals surface area contributed by atoms with Gasteiger partial charge in [-0.25, -0.2) is 4.99 Å². The van der Waals surface area contributed by atoms with Gasteiger partial charge in [-0.3, -0.25) is 0 Å². The van der Waals surface area contributed by atoms with E-state index in [1.54, 1.807) is 0 Å². The van der Waals surface area contributed by atoms with Crippen LogP contribution in [0.15, 0.2) is 28.8 Å². The molecule has 0 atom stereocenters. The van der Waals surface area contributed by atoms with Crippen LogP contribution in [0.1, 0.15) is 0 Å². The molecule has 0 saturated heterocycles. The Hall–Kier alpha value is -0.570. The van der Waals surface area contributed by atoms with Gasteiger partial charge in [0.15, 0.2) is 0 Å². The Balaban J connectivity index is 4.07. The van der Waals surface area contributed by atoms with Crippen molar-refractivity contribution in [2.24, 2.45) is 4.99 Å². The van der Waals surface area contributed by atoms with Crippen molar-refractivity contribution < 1.29 is 4.74 Å². The van der Waals surface area contributed by atoms with E-state index in [4.69, 9.17) is 4.74 Å². The Bertz CT molecular complexity index is 151. The lowest BCUT2D eigenvalue weighted by molar-refractivity contribution is 0.407. The van der Waals surface area contributed by atoms with Crippen LogP contribution in [-0.4, -0.2) is 13.0 Å². The van der Waals surface area contributed by atoms with E-state index in [2.05, 4.69) is 34.1 Å². The highest BCUT2D eigenvalue weighted by atomic mass is 79.9. The highest BCUT2D eigenvalue weighted by Crippen LogP contribution is 2.02. The van der Waals surface area contributed by atoms with Crippen LogP contribution >= 0.6 is 15.9 Å². The second-order valence-electron chi connectivity index (χ2n) is 1.23. The third kappa shape index (κ3) is 3.97. The maximum absolute atomic E-state index is 4.75. The molecule has 0 fully saturated rings. The highest BCUT2D eigenvalue weighted by Gasteiger charge is 1.87. The van der Waals surface area contributed by atoms with Crippen LogP contribution in [0.2, 0.25) is 0 Å². The normalized spacial score (nSPS) is 10.7.